The second kappa shape index (κ2) is 8.27. The number of nitrogens with zero attached hydrogens (tertiary/aromatic N) is 2. The molecule has 0 saturated heterocycles. The highest BCUT2D eigenvalue weighted by Crippen LogP contribution is 2.17. The van der Waals surface area contributed by atoms with Gasteiger partial charge in [-0.25, -0.2) is 4.98 Å². The third-order valence-corrected chi connectivity index (χ3v) is 5.03. The lowest BCUT2D eigenvalue weighted by Gasteiger charge is -2.16. The highest BCUT2D eigenvalue weighted by Gasteiger charge is 2.15. The fraction of sp³-hybridized carbons (Fsp3) is 0.524. The molecule has 128 valence electrons. The molecule has 0 amide bonds. The minimum absolute atomic E-state index is 0.140. The van der Waals surface area contributed by atoms with Gasteiger partial charge in [-0.15, -0.1) is 0 Å². The molecule has 3 rings (SSSR count). The Morgan fingerprint density at radius 2 is 1.42 bits per heavy atom. The Kier molecular flexibility index (Phi) is 5.84. The van der Waals surface area contributed by atoms with Crippen molar-refractivity contribution in [3.63, 3.8) is 0 Å². The van der Waals surface area contributed by atoms with Gasteiger partial charge in [-0.1, -0.05) is 56.7 Å². The van der Waals surface area contributed by atoms with Crippen molar-refractivity contribution in [2.45, 2.75) is 71.1 Å². The van der Waals surface area contributed by atoms with Crippen LogP contribution in [0.2, 0.25) is 0 Å². The molecule has 2 aromatic rings. The Labute approximate surface area is 144 Å². The average Bonchev–Trinajstić information content (AvgIpc) is 2.57. The summed E-state index contributed by atoms with van der Waals surface area (Å²) < 4.78 is 1.78. The number of aryl methyl sites for hydroxylation is 2. The number of aromatic nitrogens is 2. The summed E-state index contributed by atoms with van der Waals surface area (Å²) in [7, 11) is 0. The van der Waals surface area contributed by atoms with Gasteiger partial charge in [-0.3, -0.25) is 9.36 Å². The lowest BCUT2D eigenvalue weighted by Crippen LogP contribution is -2.28. The number of fused-ring (bicyclic) bond motifs is 1. The molecule has 0 N–H and O–H groups in total. The molecule has 0 bridgehead atoms. The number of rotatable bonds is 1. The van der Waals surface area contributed by atoms with Crippen LogP contribution in [0.15, 0.2) is 35.1 Å². The van der Waals surface area contributed by atoms with Crippen LogP contribution in [0.1, 0.15) is 68.4 Å². The van der Waals surface area contributed by atoms with E-state index in [0.29, 0.717) is 0 Å². The molecule has 0 atom stereocenters. The van der Waals surface area contributed by atoms with Crippen molar-refractivity contribution in [1.82, 2.24) is 9.55 Å². The zero-order valence-corrected chi connectivity index (χ0v) is 14.8. The highest BCUT2D eigenvalue weighted by molar-refractivity contribution is 5.35. The van der Waals surface area contributed by atoms with Gasteiger partial charge >= 0.3 is 0 Å². The minimum atomic E-state index is 0.140. The maximum atomic E-state index is 13.2. The molecule has 3 heteroatoms. The maximum absolute atomic E-state index is 13.2. The van der Waals surface area contributed by atoms with Crippen LogP contribution in [0.5, 0.6) is 0 Å². The lowest BCUT2D eigenvalue weighted by atomic mass is 9.99. The Morgan fingerprint density at radius 1 is 0.833 bits per heavy atom. The molecule has 0 unspecified atom stereocenters. The molecule has 3 nitrogen and oxygen atoms in total. The molecule has 0 radical (unpaired) electrons. The summed E-state index contributed by atoms with van der Waals surface area (Å²) in [5.74, 6) is 0.803. The molecule has 0 saturated carbocycles. The molecule has 0 spiro atoms. The molecule has 1 heterocycles. The monoisotopic (exact) mass is 324 g/mol. The summed E-state index contributed by atoms with van der Waals surface area (Å²) in [6.07, 6.45) is 11.8. The number of para-hydroxylation sites is 1. The third kappa shape index (κ3) is 3.95. The van der Waals surface area contributed by atoms with E-state index in [1.165, 1.54) is 38.5 Å². The summed E-state index contributed by atoms with van der Waals surface area (Å²) in [4.78, 5) is 18.0. The first-order valence-corrected chi connectivity index (χ1v) is 9.44. The minimum Gasteiger partial charge on any atom is -0.269 e. The van der Waals surface area contributed by atoms with Gasteiger partial charge in [0.2, 0.25) is 0 Å². The fourth-order valence-electron chi connectivity index (χ4n) is 3.71. The van der Waals surface area contributed by atoms with Gasteiger partial charge in [0.15, 0.2) is 0 Å². The standard InChI is InChI=1S/C21H28N2O/c1-17-22-20-16-12-7-5-3-2-4-6-11-15-19(20)21(24)23(17)18-13-9-8-10-14-18/h8-10,13-14H,2-7,11-12,15-16H2,1H3. The number of hydrogen-bond donors (Lipinski definition) is 0. The summed E-state index contributed by atoms with van der Waals surface area (Å²) >= 11 is 0. The van der Waals surface area contributed by atoms with Crippen LogP contribution in [0, 0.1) is 6.92 Å². The molecule has 0 fully saturated rings. The van der Waals surface area contributed by atoms with E-state index in [0.717, 1.165) is 48.5 Å². The normalized spacial score (nSPS) is 16.7. The van der Waals surface area contributed by atoms with Crippen molar-refractivity contribution in [2.75, 3.05) is 0 Å². The molecule has 1 aliphatic rings. The van der Waals surface area contributed by atoms with Gasteiger partial charge in [0.25, 0.3) is 5.56 Å². The van der Waals surface area contributed by atoms with E-state index in [1.54, 1.807) is 4.57 Å². The van der Waals surface area contributed by atoms with Crippen LogP contribution in [-0.4, -0.2) is 9.55 Å². The molecular formula is C21H28N2O. The molecular weight excluding hydrogens is 296 g/mol. The Balaban J connectivity index is 2.00. The SMILES string of the molecule is Cc1nc2c(c(=O)n1-c1ccccc1)CCCCCCCCCC2. The molecule has 1 aromatic heterocycles. The van der Waals surface area contributed by atoms with Gasteiger partial charge < -0.3 is 0 Å². The van der Waals surface area contributed by atoms with Crippen molar-refractivity contribution in [3.8, 4) is 5.69 Å². The molecule has 24 heavy (non-hydrogen) atoms. The predicted molar refractivity (Wildman–Crippen MR) is 98.9 cm³/mol. The van der Waals surface area contributed by atoms with Crippen LogP contribution in [0.25, 0.3) is 5.69 Å². The van der Waals surface area contributed by atoms with Crippen molar-refractivity contribution < 1.29 is 0 Å². The van der Waals surface area contributed by atoms with E-state index < -0.39 is 0 Å². The van der Waals surface area contributed by atoms with Crippen LogP contribution in [0.3, 0.4) is 0 Å². The van der Waals surface area contributed by atoms with E-state index in [4.69, 9.17) is 4.98 Å². The smallest absolute Gasteiger partial charge is 0.261 e. The topological polar surface area (TPSA) is 34.9 Å². The Morgan fingerprint density at radius 3 is 2.08 bits per heavy atom. The van der Waals surface area contributed by atoms with Gasteiger partial charge in [-0.05, 0) is 44.7 Å². The first kappa shape index (κ1) is 16.9. The van der Waals surface area contributed by atoms with Crippen LogP contribution >= 0.6 is 0 Å². The second-order valence-corrected chi connectivity index (χ2v) is 6.89. The van der Waals surface area contributed by atoms with Crippen molar-refractivity contribution in [3.05, 3.63) is 57.8 Å². The van der Waals surface area contributed by atoms with E-state index in [1.807, 2.05) is 37.3 Å². The zero-order valence-electron chi connectivity index (χ0n) is 14.8. The summed E-state index contributed by atoms with van der Waals surface area (Å²) in [6, 6.07) is 9.89. The Hall–Kier alpha value is -1.90. The van der Waals surface area contributed by atoms with E-state index in [2.05, 4.69) is 0 Å². The molecule has 1 aromatic carbocycles. The summed E-state index contributed by atoms with van der Waals surface area (Å²) in [6.45, 7) is 1.95. The third-order valence-electron chi connectivity index (χ3n) is 5.03. The van der Waals surface area contributed by atoms with Crippen LogP contribution in [-0.2, 0) is 12.8 Å². The molecule has 0 aliphatic heterocycles. The van der Waals surface area contributed by atoms with Gasteiger partial charge in [0.1, 0.15) is 5.82 Å². The van der Waals surface area contributed by atoms with E-state index in [9.17, 15) is 4.79 Å². The van der Waals surface area contributed by atoms with Gasteiger partial charge in [-0.2, -0.15) is 0 Å². The molecule has 1 aliphatic carbocycles. The van der Waals surface area contributed by atoms with E-state index in [-0.39, 0.29) is 5.56 Å². The van der Waals surface area contributed by atoms with Crippen molar-refractivity contribution in [1.29, 1.82) is 0 Å². The lowest BCUT2D eigenvalue weighted by molar-refractivity contribution is 0.553. The van der Waals surface area contributed by atoms with Crippen molar-refractivity contribution in [2.24, 2.45) is 0 Å². The van der Waals surface area contributed by atoms with Gasteiger partial charge in [0.05, 0.1) is 11.4 Å². The predicted octanol–water partition coefficient (Wildman–Crippen LogP) is 4.76. The van der Waals surface area contributed by atoms with E-state index >= 15 is 0 Å². The number of benzene rings is 1. The first-order chi connectivity index (χ1) is 11.8. The maximum Gasteiger partial charge on any atom is 0.261 e. The largest absolute Gasteiger partial charge is 0.269 e. The Bertz CT molecular complexity index is 719. The van der Waals surface area contributed by atoms with Gasteiger partial charge in [0, 0.05) is 5.56 Å². The van der Waals surface area contributed by atoms with Crippen molar-refractivity contribution >= 4 is 0 Å². The summed E-state index contributed by atoms with van der Waals surface area (Å²) in [5, 5.41) is 0. The highest BCUT2D eigenvalue weighted by atomic mass is 16.1. The van der Waals surface area contributed by atoms with Crippen LogP contribution in [0.4, 0.5) is 0 Å². The average molecular weight is 324 g/mol. The quantitative estimate of drug-likeness (QED) is 0.758. The zero-order chi connectivity index (χ0) is 16.8. The second-order valence-electron chi connectivity index (χ2n) is 6.89. The first-order valence-electron chi connectivity index (χ1n) is 9.44. The summed E-state index contributed by atoms with van der Waals surface area (Å²) in [5.41, 5.74) is 3.05. The number of hydrogen-bond acceptors (Lipinski definition) is 2. The fourth-order valence-corrected chi connectivity index (χ4v) is 3.71. The van der Waals surface area contributed by atoms with Crippen LogP contribution < -0.4 is 5.56 Å².